The van der Waals surface area contributed by atoms with Crippen LogP contribution < -0.4 is 0 Å². The molecule has 0 amide bonds. The molecule has 0 radical (unpaired) electrons. The molecule has 0 N–H and O–H groups in total. The smallest absolute Gasteiger partial charge is 0.0103 e. The Balaban J connectivity index is 2.35. The summed E-state index contributed by atoms with van der Waals surface area (Å²) in [7, 11) is 0. The third-order valence-electron chi connectivity index (χ3n) is 3.22. The van der Waals surface area contributed by atoms with Crippen LogP contribution in [0.25, 0.3) is 21.9 Å². The zero-order chi connectivity index (χ0) is 11.7. The van der Waals surface area contributed by atoms with Crippen molar-refractivity contribution in [3.63, 3.8) is 0 Å². The van der Waals surface area contributed by atoms with Crippen LogP contribution in [0.4, 0.5) is 0 Å². The van der Waals surface area contributed by atoms with Gasteiger partial charge in [0.2, 0.25) is 0 Å². The zero-order valence-corrected chi connectivity index (χ0v) is 9.85. The minimum absolute atomic E-state index is 1.30. The minimum Gasteiger partial charge on any atom is -0.0620 e. The summed E-state index contributed by atoms with van der Waals surface area (Å²) >= 11 is 0. The fourth-order valence-corrected chi connectivity index (χ4v) is 2.34. The molecule has 0 aliphatic heterocycles. The van der Waals surface area contributed by atoms with Crippen LogP contribution in [0.5, 0.6) is 0 Å². The van der Waals surface area contributed by atoms with Gasteiger partial charge in [-0.15, -0.1) is 0 Å². The molecular formula is C17H14. The Labute approximate surface area is 102 Å². The second-order valence-corrected chi connectivity index (χ2v) is 4.34. The Kier molecular flexibility index (Phi) is 2.41. The molecule has 0 aromatic heterocycles. The van der Waals surface area contributed by atoms with Gasteiger partial charge >= 0.3 is 0 Å². The fraction of sp³-hybridized carbons (Fsp3) is 0.0588. The second kappa shape index (κ2) is 4.06. The molecule has 0 fully saturated rings. The molecular weight excluding hydrogens is 204 g/mol. The summed E-state index contributed by atoms with van der Waals surface area (Å²) in [5.74, 6) is 0. The maximum atomic E-state index is 2.20. The second-order valence-electron chi connectivity index (χ2n) is 4.34. The molecule has 0 heterocycles. The van der Waals surface area contributed by atoms with Crippen LogP contribution in [0.2, 0.25) is 0 Å². The van der Waals surface area contributed by atoms with Gasteiger partial charge < -0.3 is 0 Å². The molecule has 0 heteroatoms. The Morgan fingerprint density at radius 2 is 1.24 bits per heavy atom. The van der Waals surface area contributed by atoms with Crippen molar-refractivity contribution in [2.45, 2.75) is 6.92 Å². The lowest BCUT2D eigenvalue weighted by Crippen LogP contribution is -1.84. The maximum absolute atomic E-state index is 2.20. The average molecular weight is 218 g/mol. The van der Waals surface area contributed by atoms with Crippen LogP contribution in [0, 0.1) is 6.92 Å². The van der Waals surface area contributed by atoms with Crippen LogP contribution in [0.1, 0.15) is 5.56 Å². The van der Waals surface area contributed by atoms with Gasteiger partial charge in [-0.3, -0.25) is 0 Å². The van der Waals surface area contributed by atoms with Crippen LogP contribution in [-0.2, 0) is 0 Å². The summed E-state index contributed by atoms with van der Waals surface area (Å²) in [6.07, 6.45) is 0. The van der Waals surface area contributed by atoms with Crippen molar-refractivity contribution in [1.29, 1.82) is 0 Å². The predicted molar refractivity (Wildman–Crippen MR) is 74.1 cm³/mol. The van der Waals surface area contributed by atoms with Crippen LogP contribution >= 0.6 is 0 Å². The van der Waals surface area contributed by atoms with Crippen molar-refractivity contribution in [3.8, 4) is 11.1 Å². The normalized spacial score (nSPS) is 10.6. The van der Waals surface area contributed by atoms with Crippen LogP contribution in [-0.4, -0.2) is 0 Å². The summed E-state index contributed by atoms with van der Waals surface area (Å²) < 4.78 is 0. The molecule has 0 saturated carbocycles. The predicted octanol–water partition coefficient (Wildman–Crippen LogP) is 4.82. The van der Waals surface area contributed by atoms with E-state index in [1.54, 1.807) is 0 Å². The SMILES string of the molecule is Cc1ccccc1-c1cccc2ccccc12. The standard InChI is InChI=1S/C17H14/c1-13-7-2-4-10-15(13)17-12-6-9-14-8-3-5-11-16(14)17/h2-12H,1H3. The molecule has 82 valence electrons. The van der Waals surface area contributed by atoms with Crippen LogP contribution in [0.15, 0.2) is 66.7 Å². The maximum Gasteiger partial charge on any atom is -0.0103 e. The summed E-state index contributed by atoms with van der Waals surface area (Å²) in [4.78, 5) is 0. The van der Waals surface area contributed by atoms with E-state index in [0.29, 0.717) is 0 Å². The van der Waals surface area contributed by atoms with E-state index in [4.69, 9.17) is 0 Å². The highest BCUT2D eigenvalue weighted by atomic mass is 14.1. The van der Waals surface area contributed by atoms with E-state index >= 15 is 0 Å². The van der Waals surface area contributed by atoms with Crippen molar-refractivity contribution in [2.24, 2.45) is 0 Å². The third kappa shape index (κ3) is 1.72. The molecule has 0 unspecified atom stereocenters. The lowest BCUT2D eigenvalue weighted by molar-refractivity contribution is 1.47. The van der Waals surface area contributed by atoms with Crippen molar-refractivity contribution in [2.75, 3.05) is 0 Å². The first kappa shape index (κ1) is 10.1. The highest BCUT2D eigenvalue weighted by Crippen LogP contribution is 2.30. The van der Waals surface area contributed by atoms with Gasteiger partial charge in [0.05, 0.1) is 0 Å². The van der Waals surface area contributed by atoms with Gasteiger partial charge in [-0.05, 0) is 34.4 Å². The van der Waals surface area contributed by atoms with E-state index in [9.17, 15) is 0 Å². The van der Waals surface area contributed by atoms with Crippen molar-refractivity contribution in [1.82, 2.24) is 0 Å². The molecule has 0 nitrogen and oxygen atoms in total. The molecule has 3 aromatic carbocycles. The molecule has 3 aromatic rings. The Bertz CT molecular complexity index is 660. The third-order valence-corrected chi connectivity index (χ3v) is 3.22. The lowest BCUT2D eigenvalue weighted by Gasteiger charge is -2.09. The number of aryl methyl sites for hydroxylation is 1. The van der Waals surface area contributed by atoms with Gasteiger partial charge in [0.1, 0.15) is 0 Å². The zero-order valence-electron chi connectivity index (χ0n) is 9.85. The Morgan fingerprint density at radius 3 is 2.12 bits per heavy atom. The highest BCUT2D eigenvalue weighted by molar-refractivity contribution is 5.97. The number of hydrogen-bond acceptors (Lipinski definition) is 0. The molecule has 3 rings (SSSR count). The van der Waals surface area contributed by atoms with E-state index < -0.39 is 0 Å². The topological polar surface area (TPSA) is 0 Å². The van der Waals surface area contributed by atoms with Crippen molar-refractivity contribution in [3.05, 3.63) is 72.3 Å². The van der Waals surface area contributed by atoms with Gasteiger partial charge in [-0.1, -0.05) is 66.7 Å². The van der Waals surface area contributed by atoms with E-state index in [-0.39, 0.29) is 0 Å². The number of benzene rings is 3. The first-order valence-corrected chi connectivity index (χ1v) is 5.90. The lowest BCUT2D eigenvalue weighted by atomic mass is 9.95. The van der Waals surface area contributed by atoms with Gasteiger partial charge in [-0.25, -0.2) is 0 Å². The van der Waals surface area contributed by atoms with Crippen molar-refractivity contribution >= 4 is 10.8 Å². The molecule has 0 aliphatic carbocycles. The molecule has 17 heavy (non-hydrogen) atoms. The molecule has 0 atom stereocenters. The van der Waals surface area contributed by atoms with Crippen LogP contribution in [0.3, 0.4) is 0 Å². The van der Waals surface area contributed by atoms with Gasteiger partial charge in [0.15, 0.2) is 0 Å². The van der Waals surface area contributed by atoms with E-state index in [1.165, 1.54) is 27.5 Å². The monoisotopic (exact) mass is 218 g/mol. The van der Waals surface area contributed by atoms with Crippen molar-refractivity contribution < 1.29 is 0 Å². The fourth-order valence-electron chi connectivity index (χ4n) is 2.34. The molecule has 0 bridgehead atoms. The van der Waals surface area contributed by atoms with E-state index in [1.807, 2.05) is 0 Å². The molecule has 0 aliphatic rings. The number of rotatable bonds is 1. The van der Waals surface area contributed by atoms with Gasteiger partial charge in [0.25, 0.3) is 0 Å². The summed E-state index contributed by atoms with van der Waals surface area (Å²) in [6.45, 7) is 2.16. The summed E-state index contributed by atoms with van der Waals surface area (Å²) in [5, 5.41) is 2.62. The molecule has 0 saturated heterocycles. The summed E-state index contributed by atoms with van der Waals surface area (Å²) in [5.41, 5.74) is 3.97. The minimum atomic E-state index is 1.30. The summed E-state index contributed by atoms with van der Waals surface area (Å²) in [6, 6.07) is 23.6. The van der Waals surface area contributed by atoms with E-state index in [2.05, 4.69) is 73.7 Å². The first-order valence-electron chi connectivity index (χ1n) is 5.90. The Morgan fingerprint density at radius 1 is 0.588 bits per heavy atom. The van der Waals surface area contributed by atoms with Gasteiger partial charge in [-0.2, -0.15) is 0 Å². The number of fused-ring (bicyclic) bond motifs is 1. The Hall–Kier alpha value is -2.08. The average Bonchev–Trinajstić information content (AvgIpc) is 2.39. The molecule has 0 spiro atoms. The quantitative estimate of drug-likeness (QED) is 0.549. The first-order chi connectivity index (χ1) is 8.36. The van der Waals surface area contributed by atoms with Gasteiger partial charge in [0, 0.05) is 0 Å². The largest absolute Gasteiger partial charge is 0.0620 e. The number of hydrogen-bond donors (Lipinski definition) is 0. The highest BCUT2D eigenvalue weighted by Gasteiger charge is 2.04. The van der Waals surface area contributed by atoms with E-state index in [0.717, 1.165) is 0 Å².